The fourth-order valence-electron chi connectivity index (χ4n) is 2.67. The number of aromatic nitrogens is 3. The van der Waals surface area contributed by atoms with Gasteiger partial charge in [0.15, 0.2) is 5.69 Å². The summed E-state index contributed by atoms with van der Waals surface area (Å²) in [6.07, 6.45) is 0.872. The maximum atomic E-state index is 12.7. The Balaban J connectivity index is 0.00000392. The van der Waals surface area contributed by atoms with Gasteiger partial charge in [-0.25, -0.2) is 4.68 Å². The van der Waals surface area contributed by atoms with Crippen LogP contribution in [0, 0.1) is 12.8 Å². The average Bonchev–Trinajstić information content (AvgIpc) is 3.00. The molecule has 0 aliphatic heterocycles. The number of hydrogen-bond donors (Lipinski definition) is 1. The highest BCUT2D eigenvalue weighted by Crippen LogP contribution is 2.18. The van der Waals surface area contributed by atoms with Gasteiger partial charge in [-0.2, -0.15) is 0 Å². The zero-order valence-corrected chi connectivity index (χ0v) is 18.4. The van der Waals surface area contributed by atoms with Gasteiger partial charge in [0.25, 0.3) is 5.91 Å². The minimum Gasteiger partial charge on any atom is -0.491 e. The predicted molar refractivity (Wildman–Crippen MR) is 113 cm³/mol. The Labute approximate surface area is 173 Å². The maximum absolute atomic E-state index is 12.7. The molecule has 0 aliphatic carbocycles. The first-order valence-electron chi connectivity index (χ1n) is 9.41. The molecule has 7 nitrogen and oxygen atoms in total. The summed E-state index contributed by atoms with van der Waals surface area (Å²) in [5.41, 5.74) is 7.97. The number of nitrogens with two attached hydrogens (primary N) is 1. The van der Waals surface area contributed by atoms with E-state index in [1.54, 1.807) is 16.6 Å². The number of carbonyl (C=O) groups is 1. The molecule has 0 saturated carbocycles. The molecule has 2 rings (SSSR count). The Morgan fingerprint density at radius 1 is 1.21 bits per heavy atom. The van der Waals surface area contributed by atoms with Crippen molar-refractivity contribution in [2.24, 2.45) is 11.7 Å². The van der Waals surface area contributed by atoms with E-state index in [-0.39, 0.29) is 30.5 Å². The number of rotatable bonds is 8. The molecule has 1 amide bonds. The number of halogens is 1. The Morgan fingerprint density at radius 2 is 1.82 bits per heavy atom. The number of carbonyl (C=O) groups excluding carboxylic acids is 1. The molecule has 2 N–H and O–H groups in total. The third-order valence-electron chi connectivity index (χ3n) is 4.55. The van der Waals surface area contributed by atoms with Gasteiger partial charge in [0.2, 0.25) is 0 Å². The van der Waals surface area contributed by atoms with Crippen LogP contribution in [0.3, 0.4) is 0 Å². The lowest BCUT2D eigenvalue weighted by Gasteiger charge is -2.21. The molecular formula is C20H32ClN5O2. The molecule has 156 valence electrons. The fraction of sp³-hybridized carbons (Fsp3) is 0.550. The van der Waals surface area contributed by atoms with Crippen molar-refractivity contribution >= 4 is 18.3 Å². The third-order valence-corrected chi connectivity index (χ3v) is 4.55. The number of amides is 1. The SMILES string of the molecule is Cc1c(C(=O)N(C)CCC(N)C(C)C)nnn1-c1ccc(OC(C)C)cc1.Cl. The largest absolute Gasteiger partial charge is 0.491 e. The van der Waals surface area contributed by atoms with Crippen LogP contribution < -0.4 is 10.5 Å². The summed E-state index contributed by atoms with van der Waals surface area (Å²) in [4.78, 5) is 14.4. The van der Waals surface area contributed by atoms with Crippen LogP contribution in [-0.4, -0.2) is 51.5 Å². The molecule has 1 aromatic carbocycles. The summed E-state index contributed by atoms with van der Waals surface area (Å²) >= 11 is 0. The van der Waals surface area contributed by atoms with Crippen molar-refractivity contribution in [2.45, 2.75) is 53.2 Å². The molecule has 0 bridgehead atoms. The van der Waals surface area contributed by atoms with E-state index in [4.69, 9.17) is 10.5 Å². The molecule has 0 fully saturated rings. The van der Waals surface area contributed by atoms with Gasteiger partial charge in [0, 0.05) is 19.6 Å². The van der Waals surface area contributed by atoms with Crippen LogP contribution in [0.2, 0.25) is 0 Å². The molecule has 1 heterocycles. The highest BCUT2D eigenvalue weighted by atomic mass is 35.5. The summed E-state index contributed by atoms with van der Waals surface area (Å²) in [5.74, 6) is 1.04. The van der Waals surface area contributed by atoms with Gasteiger partial charge >= 0.3 is 0 Å². The van der Waals surface area contributed by atoms with Gasteiger partial charge in [0.05, 0.1) is 17.5 Å². The lowest BCUT2D eigenvalue weighted by Crippen LogP contribution is -2.35. The molecule has 0 saturated heterocycles. The van der Waals surface area contributed by atoms with Crippen LogP contribution in [0.5, 0.6) is 5.75 Å². The van der Waals surface area contributed by atoms with Crippen LogP contribution in [0.1, 0.15) is 50.3 Å². The van der Waals surface area contributed by atoms with Gasteiger partial charge in [-0.15, -0.1) is 17.5 Å². The highest BCUT2D eigenvalue weighted by Gasteiger charge is 2.21. The van der Waals surface area contributed by atoms with Crippen LogP contribution in [0.25, 0.3) is 5.69 Å². The van der Waals surface area contributed by atoms with E-state index in [9.17, 15) is 4.79 Å². The monoisotopic (exact) mass is 409 g/mol. The normalized spacial score (nSPS) is 12.0. The molecule has 0 aliphatic rings. The van der Waals surface area contributed by atoms with Gasteiger partial charge in [-0.05, 0) is 57.4 Å². The van der Waals surface area contributed by atoms with Crippen LogP contribution >= 0.6 is 12.4 Å². The summed E-state index contributed by atoms with van der Waals surface area (Å²) < 4.78 is 7.32. The average molecular weight is 410 g/mol. The number of hydrogen-bond acceptors (Lipinski definition) is 5. The van der Waals surface area contributed by atoms with Gasteiger partial charge < -0.3 is 15.4 Å². The fourth-order valence-corrected chi connectivity index (χ4v) is 2.67. The van der Waals surface area contributed by atoms with Crippen LogP contribution in [0.4, 0.5) is 0 Å². The zero-order valence-electron chi connectivity index (χ0n) is 17.5. The lowest BCUT2D eigenvalue weighted by molar-refractivity contribution is 0.0782. The van der Waals surface area contributed by atoms with Crippen molar-refractivity contribution in [3.05, 3.63) is 35.7 Å². The van der Waals surface area contributed by atoms with E-state index in [2.05, 4.69) is 24.2 Å². The van der Waals surface area contributed by atoms with E-state index >= 15 is 0 Å². The first-order valence-corrected chi connectivity index (χ1v) is 9.41. The van der Waals surface area contributed by atoms with Gasteiger partial charge in [-0.1, -0.05) is 19.1 Å². The first kappa shape index (κ1) is 23.9. The van der Waals surface area contributed by atoms with E-state index in [0.717, 1.165) is 17.9 Å². The summed E-state index contributed by atoms with van der Waals surface area (Å²) in [6.45, 7) is 10.6. The number of nitrogens with zero attached hydrogens (tertiary/aromatic N) is 4. The second kappa shape index (κ2) is 10.4. The summed E-state index contributed by atoms with van der Waals surface area (Å²) in [7, 11) is 1.77. The van der Waals surface area contributed by atoms with Crippen molar-refractivity contribution < 1.29 is 9.53 Å². The second-order valence-corrected chi connectivity index (χ2v) is 7.52. The summed E-state index contributed by atoms with van der Waals surface area (Å²) in [6, 6.07) is 7.65. The molecule has 1 unspecified atom stereocenters. The number of benzene rings is 1. The van der Waals surface area contributed by atoms with Crippen molar-refractivity contribution in [3.8, 4) is 11.4 Å². The lowest BCUT2D eigenvalue weighted by atomic mass is 10.0. The Kier molecular flexibility index (Phi) is 8.91. The van der Waals surface area contributed by atoms with Crippen molar-refractivity contribution in [1.29, 1.82) is 0 Å². The van der Waals surface area contributed by atoms with Crippen LogP contribution in [0.15, 0.2) is 24.3 Å². The Morgan fingerprint density at radius 3 is 2.36 bits per heavy atom. The summed E-state index contributed by atoms with van der Waals surface area (Å²) in [5, 5.41) is 8.26. The Hall–Kier alpha value is -2.12. The van der Waals surface area contributed by atoms with Crippen LogP contribution in [-0.2, 0) is 0 Å². The van der Waals surface area contributed by atoms with E-state index in [0.29, 0.717) is 23.9 Å². The highest BCUT2D eigenvalue weighted by molar-refractivity contribution is 5.93. The van der Waals surface area contributed by atoms with Crippen molar-refractivity contribution in [2.75, 3.05) is 13.6 Å². The molecule has 0 radical (unpaired) electrons. The molecular weight excluding hydrogens is 378 g/mol. The molecule has 1 aromatic heterocycles. The molecule has 2 aromatic rings. The molecule has 8 heteroatoms. The standard InChI is InChI=1S/C20H31N5O2.ClH/c1-13(2)18(21)11-12-24(6)20(26)19-15(5)25(23-22-19)16-7-9-17(10-8-16)27-14(3)4;/h7-10,13-14,18H,11-12,21H2,1-6H3;1H. The predicted octanol–water partition coefficient (Wildman–Crippen LogP) is 3.23. The second-order valence-electron chi connectivity index (χ2n) is 7.52. The van der Waals surface area contributed by atoms with E-state index in [1.807, 2.05) is 45.0 Å². The molecule has 1 atom stereocenters. The van der Waals surface area contributed by atoms with E-state index in [1.165, 1.54) is 0 Å². The van der Waals surface area contributed by atoms with Crippen molar-refractivity contribution in [3.63, 3.8) is 0 Å². The first-order chi connectivity index (χ1) is 12.7. The quantitative estimate of drug-likeness (QED) is 0.723. The zero-order chi connectivity index (χ0) is 20.1. The van der Waals surface area contributed by atoms with Gasteiger partial charge in [-0.3, -0.25) is 4.79 Å². The molecule has 0 spiro atoms. The number of ether oxygens (including phenoxy) is 1. The van der Waals surface area contributed by atoms with E-state index < -0.39 is 0 Å². The smallest absolute Gasteiger partial charge is 0.276 e. The minimum absolute atomic E-state index is 0. The topological polar surface area (TPSA) is 86.3 Å². The van der Waals surface area contributed by atoms with Crippen molar-refractivity contribution in [1.82, 2.24) is 19.9 Å². The molecule has 28 heavy (non-hydrogen) atoms. The minimum atomic E-state index is -0.144. The third kappa shape index (κ3) is 5.94. The Bertz CT molecular complexity index is 758. The van der Waals surface area contributed by atoms with Gasteiger partial charge in [0.1, 0.15) is 5.75 Å². The maximum Gasteiger partial charge on any atom is 0.276 e.